The van der Waals surface area contributed by atoms with Crippen LogP contribution in [-0.2, 0) is 12.1 Å². The lowest BCUT2D eigenvalue weighted by Crippen LogP contribution is -2.29. The predicted octanol–water partition coefficient (Wildman–Crippen LogP) is 2.78. The van der Waals surface area contributed by atoms with Gasteiger partial charge in [0, 0.05) is 6.54 Å². The van der Waals surface area contributed by atoms with Crippen LogP contribution in [0.4, 0.5) is 4.39 Å². The zero-order valence-electron chi connectivity index (χ0n) is 8.89. The van der Waals surface area contributed by atoms with E-state index in [1.165, 1.54) is 5.56 Å². The Labute approximate surface area is 85.1 Å². The molecule has 0 aliphatic heterocycles. The fraction of sp³-hybridized carbons (Fsp3) is 0.500. The third-order valence-corrected chi connectivity index (χ3v) is 2.76. The standard InChI is InChI=1S/C12H18FN/c1-3-10-5-7-11(8-6-10)12(13,4-2)9-14/h5-8H,3-4,9,14H2,1-2H3/t12-/m0/s1. The van der Waals surface area contributed by atoms with E-state index >= 15 is 0 Å². The highest BCUT2D eigenvalue weighted by atomic mass is 19.1. The van der Waals surface area contributed by atoms with Gasteiger partial charge in [0.1, 0.15) is 5.67 Å². The Morgan fingerprint density at radius 2 is 1.79 bits per heavy atom. The Bertz CT molecular complexity index is 275. The van der Waals surface area contributed by atoms with Crippen molar-refractivity contribution in [2.24, 2.45) is 5.73 Å². The minimum atomic E-state index is -1.35. The van der Waals surface area contributed by atoms with Gasteiger partial charge in [-0.15, -0.1) is 0 Å². The number of alkyl halides is 1. The van der Waals surface area contributed by atoms with Gasteiger partial charge in [0.2, 0.25) is 0 Å². The first-order chi connectivity index (χ1) is 6.66. The van der Waals surface area contributed by atoms with E-state index in [9.17, 15) is 4.39 Å². The topological polar surface area (TPSA) is 26.0 Å². The van der Waals surface area contributed by atoms with Gasteiger partial charge < -0.3 is 5.73 Å². The van der Waals surface area contributed by atoms with Crippen molar-refractivity contribution in [3.8, 4) is 0 Å². The second-order valence-corrected chi connectivity index (χ2v) is 3.57. The first-order valence-electron chi connectivity index (χ1n) is 5.14. The Morgan fingerprint density at radius 1 is 1.21 bits per heavy atom. The average molecular weight is 195 g/mol. The molecule has 0 radical (unpaired) electrons. The lowest BCUT2D eigenvalue weighted by molar-refractivity contribution is 0.169. The molecule has 0 unspecified atom stereocenters. The largest absolute Gasteiger partial charge is 0.327 e. The van der Waals surface area contributed by atoms with Crippen LogP contribution < -0.4 is 5.73 Å². The molecule has 14 heavy (non-hydrogen) atoms. The van der Waals surface area contributed by atoms with E-state index < -0.39 is 5.67 Å². The second-order valence-electron chi connectivity index (χ2n) is 3.57. The van der Waals surface area contributed by atoms with Gasteiger partial charge in [-0.25, -0.2) is 4.39 Å². The van der Waals surface area contributed by atoms with Crippen molar-refractivity contribution >= 4 is 0 Å². The molecule has 2 N–H and O–H groups in total. The molecule has 78 valence electrons. The lowest BCUT2D eigenvalue weighted by atomic mass is 9.92. The molecule has 2 heteroatoms. The van der Waals surface area contributed by atoms with Gasteiger partial charge in [0.25, 0.3) is 0 Å². The van der Waals surface area contributed by atoms with E-state index in [4.69, 9.17) is 5.73 Å². The van der Waals surface area contributed by atoms with E-state index in [1.807, 2.05) is 31.2 Å². The van der Waals surface area contributed by atoms with E-state index in [2.05, 4.69) is 6.92 Å². The van der Waals surface area contributed by atoms with Gasteiger partial charge in [0.15, 0.2) is 0 Å². The number of benzene rings is 1. The number of nitrogens with two attached hydrogens (primary N) is 1. The third-order valence-electron chi connectivity index (χ3n) is 2.76. The highest BCUT2D eigenvalue weighted by Crippen LogP contribution is 2.28. The summed E-state index contributed by atoms with van der Waals surface area (Å²) >= 11 is 0. The predicted molar refractivity (Wildman–Crippen MR) is 58.0 cm³/mol. The summed E-state index contributed by atoms with van der Waals surface area (Å²) in [5.74, 6) is 0. The van der Waals surface area contributed by atoms with Crippen LogP contribution in [0.1, 0.15) is 31.4 Å². The Morgan fingerprint density at radius 3 is 2.14 bits per heavy atom. The summed E-state index contributed by atoms with van der Waals surface area (Å²) < 4.78 is 14.1. The van der Waals surface area contributed by atoms with Gasteiger partial charge in [0.05, 0.1) is 0 Å². The average Bonchev–Trinajstić information content (AvgIpc) is 2.28. The zero-order valence-corrected chi connectivity index (χ0v) is 8.89. The van der Waals surface area contributed by atoms with E-state index in [-0.39, 0.29) is 6.54 Å². The van der Waals surface area contributed by atoms with Gasteiger partial charge in [-0.05, 0) is 24.0 Å². The highest BCUT2D eigenvalue weighted by Gasteiger charge is 2.27. The molecule has 1 nitrogen and oxygen atoms in total. The Hall–Kier alpha value is -0.890. The molecular formula is C12H18FN. The van der Waals surface area contributed by atoms with Crippen LogP contribution in [-0.4, -0.2) is 6.54 Å². The summed E-state index contributed by atoms with van der Waals surface area (Å²) in [5, 5.41) is 0. The van der Waals surface area contributed by atoms with Crippen molar-refractivity contribution in [2.45, 2.75) is 32.4 Å². The van der Waals surface area contributed by atoms with E-state index in [0.717, 1.165) is 6.42 Å². The SMILES string of the molecule is CCc1ccc([C@](F)(CC)CN)cc1. The number of aryl methyl sites for hydroxylation is 1. The molecule has 0 heterocycles. The molecular weight excluding hydrogens is 177 g/mol. The molecule has 1 rings (SSSR count). The quantitative estimate of drug-likeness (QED) is 0.785. The van der Waals surface area contributed by atoms with Crippen LogP contribution >= 0.6 is 0 Å². The fourth-order valence-corrected chi connectivity index (χ4v) is 1.51. The summed E-state index contributed by atoms with van der Waals surface area (Å²) in [7, 11) is 0. The molecule has 1 atom stereocenters. The van der Waals surface area contributed by atoms with Crippen LogP contribution in [0, 0.1) is 0 Å². The molecule has 0 saturated heterocycles. The smallest absolute Gasteiger partial charge is 0.147 e. The highest BCUT2D eigenvalue weighted by molar-refractivity contribution is 5.27. The first-order valence-corrected chi connectivity index (χ1v) is 5.14. The van der Waals surface area contributed by atoms with Crippen molar-refractivity contribution < 1.29 is 4.39 Å². The summed E-state index contributed by atoms with van der Waals surface area (Å²) in [5.41, 5.74) is 6.01. The van der Waals surface area contributed by atoms with Gasteiger partial charge in [-0.1, -0.05) is 38.1 Å². The van der Waals surface area contributed by atoms with Crippen molar-refractivity contribution in [1.82, 2.24) is 0 Å². The van der Waals surface area contributed by atoms with Gasteiger partial charge in [-0.3, -0.25) is 0 Å². The fourth-order valence-electron chi connectivity index (χ4n) is 1.51. The second kappa shape index (κ2) is 4.56. The summed E-state index contributed by atoms with van der Waals surface area (Å²) in [6.45, 7) is 3.95. The summed E-state index contributed by atoms with van der Waals surface area (Å²) in [6.07, 6.45) is 1.41. The van der Waals surface area contributed by atoms with Crippen LogP contribution in [0.3, 0.4) is 0 Å². The summed E-state index contributed by atoms with van der Waals surface area (Å²) in [4.78, 5) is 0. The maximum atomic E-state index is 14.1. The monoisotopic (exact) mass is 195 g/mol. The first kappa shape index (κ1) is 11.2. The van der Waals surface area contributed by atoms with E-state index in [0.29, 0.717) is 12.0 Å². The number of halogens is 1. The van der Waals surface area contributed by atoms with Crippen LogP contribution in [0.15, 0.2) is 24.3 Å². The number of hydrogen-bond acceptors (Lipinski definition) is 1. The van der Waals surface area contributed by atoms with Gasteiger partial charge in [-0.2, -0.15) is 0 Å². The lowest BCUT2D eigenvalue weighted by Gasteiger charge is -2.22. The van der Waals surface area contributed by atoms with Gasteiger partial charge >= 0.3 is 0 Å². The molecule has 0 aromatic heterocycles. The van der Waals surface area contributed by atoms with Crippen LogP contribution in [0.25, 0.3) is 0 Å². The van der Waals surface area contributed by atoms with Crippen molar-refractivity contribution in [3.05, 3.63) is 35.4 Å². The molecule has 0 spiro atoms. The molecule has 1 aromatic carbocycles. The van der Waals surface area contributed by atoms with Crippen molar-refractivity contribution in [3.63, 3.8) is 0 Å². The normalized spacial score (nSPS) is 15.1. The minimum Gasteiger partial charge on any atom is -0.327 e. The maximum Gasteiger partial charge on any atom is 0.147 e. The number of rotatable bonds is 4. The van der Waals surface area contributed by atoms with Crippen LogP contribution in [0.2, 0.25) is 0 Å². The summed E-state index contributed by atoms with van der Waals surface area (Å²) in [6, 6.07) is 7.62. The molecule has 1 aromatic rings. The van der Waals surface area contributed by atoms with Crippen molar-refractivity contribution in [2.75, 3.05) is 6.54 Å². The van der Waals surface area contributed by atoms with Crippen molar-refractivity contribution in [1.29, 1.82) is 0 Å². The zero-order chi connectivity index (χ0) is 10.6. The Balaban J connectivity index is 2.95. The van der Waals surface area contributed by atoms with Crippen LogP contribution in [0.5, 0.6) is 0 Å². The molecule has 0 aliphatic carbocycles. The third kappa shape index (κ3) is 2.13. The molecule has 0 saturated carbocycles. The minimum absolute atomic E-state index is 0.0506. The molecule has 0 aliphatic rings. The number of hydrogen-bond donors (Lipinski definition) is 1. The molecule has 0 amide bonds. The maximum absolute atomic E-state index is 14.1. The molecule has 0 fully saturated rings. The van der Waals surface area contributed by atoms with E-state index in [1.54, 1.807) is 0 Å². The molecule has 0 bridgehead atoms. The Kier molecular flexibility index (Phi) is 3.64.